The van der Waals surface area contributed by atoms with Gasteiger partial charge in [0.15, 0.2) is 0 Å². The third-order valence-corrected chi connectivity index (χ3v) is 4.41. The van der Waals surface area contributed by atoms with Crippen molar-refractivity contribution in [1.29, 1.82) is 0 Å². The number of hydrogen-bond acceptors (Lipinski definition) is 4. The third kappa shape index (κ3) is 3.29. The first-order chi connectivity index (χ1) is 11.9. The summed E-state index contributed by atoms with van der Waals surface area (Å²) in [6.07, 6.45) is 2.52. The first-order valence-electron chi connectivity index (χ1n) is 8.52. The molecule has 0 spiro atoms. The lowest BCUT2D eigenvalue weighted by Crippen LogP contribution is -2.49. The average Bonchev–Trinajstić information content (AvgIpc) is 3.17. The summed E-state index contributed by atoms with van der Waals surface area (Å²) in [5, 5.41) is 14.1. The van der Waals surface area contributed by atoms with Gasteiger partial charge in [-0.2, -0.15) is 5.10 Å². The fourth-order valence-electron chi connectivity index (χ4n) is 3.22. The highest BCUT2D eigenvalue weighted by atomic mass is 16.4. The molecule has 1 aliphatic heterocycles. The molecule has 3 heterocycles. The highest BCUT2D eigenvalue weighted by Crippen LogP contribution is 2.23. The first-order valence-corrected chi connectivity index (χ1v) is 8.52. The van der Waals surface area contributed by atoms with Gasteiger partial charge in [-0.3, -0.25) is 9.48 Å². The number of carbonyl (C=O) groups is 2. The van der Waals surface area contributed by atoms with E-state index >= 15 is 0 Å². The number of aliphatic carboxylic acids is 1. The molecule has 0 radical (unpaired) electrons. The molecule has 0 saturated carbocycles. The van der Waals surface area contributed by atoms with Gasteiger partial charge in [0.25, 0.3) is 5.91 Å². The SMILES string of the molecule is CCn1nc(CC(C)C)cc1C(=O)N1Cc2[nH]cnc2C[C@H]1C(=O)O. The Morgan fingerprint density at radius 2 is 2.20 bits per heavy atom. The van der Waals surface area contributed by atoms with E-state index in [9.17, 15) is 14.7 Å². The molecule has 0 saturated heterocycles. The molecule has 1 atom stereocenters. The Morgan fingerprint density at radius 1 is 1.44 bits per heavy atom. The normalized spacial score (nSPS) is 17.0. The summed E-state index contributed by atoms with van der Waals surface area (Å²) >= 11 is 0. The summed E-state index contributed by atoms with van der Waals surface area (Å²) in [5.74, 6) is -0.901. The summed E-state index contributed by atoms with van der Waals surface area (Å²) in [5.41, 5.74) is 2.79. The Morgan fingerprint density at radius 3 is 2.84 bits per heavy atom. The molecule has 1 amide bonds. The van der Waals surface area contributed by atoms with Crippen molar-refractivity contribution in [3.63, 3.8) is 0 Å². The van der Waals surface area contributed by atoms with E-state index in [2.05, 4.69) is 28.9 Å². The van der Waals surface area contributed by atoms with Crippen molar-refractivity contribution in [1.82, 2.24) is 24.6 Å². The van der Waals surface area contributed by atoms with E-state index in [1.807, 2.05) is 6.92 Å². The van der Waals surface area contributed by atoms with Crippen LogP contribution in [0.4, 0.5) is 0 Å². The minimum Gasteiger partial charge on any atom is -0.480 e. The quantitative estimate of drug-likeness (QED) is 0.854. The number of nitrogens with one attached hydrogen (secondary N) is 1. The molecule has 2 aromatic heterocycles. The lowest BCUT2D eigenvalue weighted by atomic mass is 10.0. The smallest absolute Gasteiger partial charge is 0.326 e. The van der Waals surface area contributed by atoms with Crippen LogP contribution in [0, 0.1) is 5.92 Å². The number of nitrogens with zero attached hydrogens (tertiary/aromatic N) is 4. The van der Waals surface area contributed by atoms with Crippen LogP contribution in [0.5, 0.6) is 0 Å². The number of amides is 1. The van der Waals surface area contributed by atoms with Crippen molar-refractivity contribution in [2.45, 2.75) is 52.7 Å². The third-order valence-electron chi connectivity index (χ3n) is 4.41. The van der Waals surface area contributed by atoms with Gasteiger partial charge < -0.3 is 15.0 Å². The number of aryl methyl sites for hydroxylation is 1. The standard InChI is InChI=1S/C17H23N5O3/c1-4-22-14(6-11(20-22)5-10(2)3)16(23)21-8-13-12(18-9-19-13)7-15(21)17(24)25/h6,9-10,15H,4-5,7-8H2,1-3H3,(H,18,19)(H,24,25)/t15-/m0/s1. The number of aromatic amines is 1. The van der Waals surface area contributed by atoms with Crippen molar-refractivity contribution in [2.75, 3.05) is 0 Å². The predicted octanol–water partition coefficient (Wildman–Crippen LogP) is 1.48. The van der Waals surface area contributed by atoms with Gasteiger partial charge >= 0.3 is 5.97 Å². The van der Waals surface area contributed by atoms with Crippen molar-refractivity contribution in [2.24, 2.45) is 5.92 Å². The molecule has 0 bridgehead atoms. The molecule has 0 fully saturated rings. The second-order valence-electron chi connectivity index (χ2n) is 6.75. The van der Waals surface area contributed by atoms with Gasteiger partial charge in [-0.25, -0.2) is 9.78 Å². The lowest BCUT2D eigenvalue weighted by Gasteiger charge is -2.32. The fraction of sp³-hybridized carbons (Fsp3) is 0.529. The van der Waals surface area contributed by atoms with Gasteiger partial charge in [-0.1, -0.05) is 13.8 Å². The Kier molecular flexibility index (Phi) is 4.61. The van der Waals surface area contributed by atoms with Crippen LogP contribution in [0.15, 0.2) is 12.4 Å². The van der Waals surface area contributed by atoms with E-state index in [4.69, 9.17) is 0 Å². The summed E-state index contributed by atoms with van der Waals surface area (Å²) in [4.78, 5) is 33.3. The average molecular weight is 345 g/mol. The van der Waals surface area contributed by atoms with Crippen LogP contribution in [-0.4, -0.2) is 47.7 Å². The molecule has 0 aliphatic carbocycles. The highest BCUT2D eigenvalue weighted by molar-refractivity contribution is 5.95. The number of aromatic nitrogens is 4. The molecule has 0 aromatic carbocycles. The molecule has 8 heteroatoms. The molecule has 3 rings (SSSR count). The number of carboxylic acid groups (broad SMARTS) is 1. The van der Waals surface area contributed by atoms with Crippen LogP contribution >= 0.6 is 0 Å². The molecule has 2 N–H and O–H groups in total. The van der Waals surface area contributed by atoms with Crippen molar-refractivity contribution in [3.05, 3.63) is 35.2 Å². The van der Waals surface area contributed by atoms with E-state index in [1.165, 1.54) is 11.2 Å². The number of imidazole rings is 1. The van der Waals surface area contributed by atoms with Gasteiger partial charge in [-0.05, 0) is 25.3 Å². The minimum atomic E-state index is -1.02. The summed E-state index contributed by atoms with van der Waals surface area (Å²) in [6.45, 7) is 6.87. The first kappa shape index (κ1) is 17.2. The zero-order valence-electron chi connectivity index (χ0n) is 14.7. The maximum atomic E-state index is 13.1. The molecule has 8 nitrogen and oxygen atoms in total. The Hall–Kier alpha value is -2.64. The second kappa shape index (κ2) is 6.70. The van der Waals surface area contributed by atoms with Crippen LogP contribution in [-0.2, 0) is 30.7 Å². The summed E-state index contributed by atoms with van der Waals surface area (Å²) in [7, 11) is 0. The minimum absolute atomic E-state index is 0.207. The zero-order chi connectivity index (χ0) is 18.1. The molecular formula is C17H23N5O3. The Labute approximate surface area is 145 Å². The zero-order valence-corrected chi connectivity index (χ0v) is 14.7. The number of carboxylic acids is 1. The number of fused-ring (bicyclic) bond motifs is 1. The lowest BCUT2D eigenvalue weighted by molar-refractivity contribution is -0.142. The van der Waals surface area contributed by atoms with E-state index in [0.29, 0.717) is 23.9 Å². The second-order valence-corrected chi connectivity index (χ2v) is 6.75. The van der Waals surface area contributed by atoms with Gasteiger partial charge in [0.05, 0.1) is 30.0 Å². The van der Waals surface area contributed by atoms with Gasteiger partial charge in [0.1, 0.15) is 11.7 Å². The molecule has 25 heavy (non-hydrogen) atoms. The molecule has 1 aliphatic rings. The van der Waals surface area contributed by atoms with Crippen molar-refractivity contribution in [3.8, 4) is 0 Å². The summed E-state index contributed by atoms with van der Waals surface area (Å²) < 4.78 is 1.65. The van der Waals surface area contributed by atoms with Crippen LogP contribution < -0.4 is 0 Å². The highest BCUT2D eigenvalue weighted by Gasteiger charge is 2.37. The topological polar surface area (TPSA) is 104 Å². The van der Waals surface area contributed by atoms with Crippen LogP contribution in [0.1, 0.15) is 48.3 Å². The monoisotopic (exact) mass is 345 g/mol. The van der Waals surface area contributed by atoms with E-state index in [-0.39, 0.29) is 18.9 Å². The number of hydrogen-bond donors (Lipinski definition) is 2. The van der Waals surface area contributed by atoms with E-state index in [0.717, 1.165) is 17.8 Å². The molecule has 2 aromatic rings. The molecule has 134 valence electrons. The van der Waals surface area contributed by atoms with E-state index in [1.54, 1.807) is 10.7 Å². The predicted molar refractivity (Wildman–Crippen MR) is 90.0 cm³/mol. The van der Waals surface area contributed by atoms with Gasteiger partial charge in [0.2, 0.25) is 0 Å². The Bertz CT molecular complexity index is 792. The largest absolute Gasteiger partial charge is 0.480 e. The van der Waals surface area contributed by atoms with E-state index < -0.39 is 12.0 Å². The van der Waals surface area contributed by atoms with Crippen molar-refractivity contribution < 1.29 is 14.7 Å². The number of H-pyrrole nitrogens is 1. The number of rotatable bonds is 5. The molecular weight excluding hydrogens is 322 g/mol. The maximum absolute atomic E-state index is 13.1. The van der Waals surface area contributed by atoms with Crippen LogP contribution in [0.3, 0.4) is 0 Å². The summed E-state index contributed by atoms with van der Waals surface area (Å²) in [6, 6.07) is 0.866. The van der Waals surface area contributed by atoms with Crippen LogP contribution in [0.2, 0.25) is 0 Å². The maximum Gasteiger partial charge on any atom is 0.326 e. The van der Waals surface area contributed by atoms with Crippen LogP contribution in [0.25, 0.3) is 0 Å². The molecule has 0 unspecified atom stereocenters. The Balaban J connectivity index is 1.93. The number of carbonyl (C=O) groups excluding carboxylic acids is 1. The fourth-order valence-corrected chi connectivity index (χ4v) is 3.22. The van der Waals surface area contributed by atoms with Gasteiger partial charge in [0, 0.05) is 13.0 Å². The van der Waals surface area contributed by atoms with Crippen molar-refractivity contribution >= 4 is 11.9 Å². The van der Waals surface area contributed by atoms with Gasteiger partial charge in [-0.15, -0.1) is 0 Å².